The zero-order valence-corrected chi connectivity index (χ0v) is 15.3. The van der Waals surface area contributed by atoms with Crippen LogP contribution in [0.5, 0.6) is 11.5 Å². The van der Waals surface area contributed by atoms with Crippen molar-refractivity contribution in [3.63, 3.8) is 0 Å². The average molecular weight is 365 g/mol. The summed E-state index contributed by atoms with van der Waals surface area (Å²) in [5.41, 5.74) is 5.91. The Morgan fingerprint density at radius 1 is 1.22 bits per heavy atom. The molecule has 0 radical (unpaired) electrons. The normalized spacial score (nSPS) is 18.1. The predicted molar refractivity (Wildman–Crippen MR) is 91.9 cm³/mol. The molecule has 132 valence electrons. The Kier molecular flexibility index (Phi) is 7.13. The molecule has 1 fully saturated rings. The maximum Gasteiger partial charge on any atom is 0.246 e. The van der Waals surface area contributed by atoms with Crippen molar-refractivity contribution in [3.8, 4) is 11.5 Å². The van der Waals surface area contributed by atoms with Gasteiger partial charge in [-0.2, -0.15) is 4.31 Å². The van der Waals surface area contributed by atoms with Gasteiger partial charge >= 0.3 is 0 Å². The molecular formula is C15H25ClN2O4S. The Bertz CT molecular complexity index is 614. The van der Waals surface area contributed by atoms with Gasteiger partial charge in [0.2, 0.25) is 10.0 Å². The molecule has 1 aliphatic rings. The van der Waals surface area contributed by atoms with Crippen LogP contribution in [0.3, 0.4) is 0 Å². The van der Waals surface area contributed by atoms with Crippen LogP contribution in [0, 0.1) is 5.92 Å². The first-order valence-corrected chi connectivity index (χ1v) is 8.82. The number of benzene rings is 1. The summed E-state index contributed by atoms with van der Waals surface area (Å²) >= 11 is 0. The van der Waals surface area contributed by atoms with Crippen LogP contribution in [-0.4, -0.2) is 46.1 Å². The van der Waals surface area contributed by atoms with Crippen LogP contribution in [-0.2, 0) is 10.0 Å². The summed E-state index contributed by atoms with van der Waals surface area (Å²) in [5, 5.41) is 0. The molecule has 2 rings (SSSR count). The highest BCUT2D eigenvalue weighted by Crippen LogP contribution is 2.32. The number of hydrogen-bond donors (Lipinski definition) is 1. The smallest absolute Gasteiger partial charge is 0.246 e. The monoisotopic (exact) mass is 364 g/mol. The number of nitrogens with two attached hydrogens (primary N) is 1. The van der Waals surface area contributed by atoms with Crippen LogP contribution >= 0.6 is 12.4 Å². The molecule has 1 aliphatic heterocycles. The predicted octanol–water partition coefficient (Wildman–Crippen LogP) is 1.87. The highest BCUT2D eigenvalue weighted by Gasteiger charge is 2.32. The third-order valence-electron chi connectivity index (χ3n) is 4.23. The quantitative estimate of drug-likeness (QED) is 0.862. The number of nitrogens with zero attached hydrogens (tertiary/aromatic N) is 1. The molecular weight excluding hydrogens is 340 g/mol. The molecule has 1 atom stereocenters. The topological polar surface area (TPSA) is 81.9 Å². The molecule has 0 spiro atoms. The number of sulfonamides is 1. The molecule has 1 aromatic rings. The number of piperidine rings is 1. The van der Waals surface area contributed by atoms with Gasteiger partial charge < -0.3 is 15.2 Å². The molecule has 1 heterocycles. The molecule has 23 heavy (non-hydrogen) atoms. The van der Waals surface area contributed by atoms with E-state index in [0.29, 0.717) is 30.5 Å². The maximum absolute atomic E-state index is 12.9. The van der Waals surface area contributed by atoms with Gasteiger partial charge in [0.25, 0.3) is 0 Å². The van der Waals surface area contributed by atoms with Crippen molar-refractivity contribution in [1.82, 2.24) is 4.31 Å². The minimum absolute atomic E-state index is 0. The Morgan fingerprint density at radius 2 is 1.83 bits per heavy atom. The highest BCUT2D eigenvalue weighted by atomic mass is 35.5. The largest absolute Gasteiger partial charge is 0.497 e. The summed E-state index contributed by atoms with van der Waals surface area (Å²) < 4.78 is 37.6. The van der Waals surface area contributed by atoms with Crippen LogP contribution in [0.4, 0.5) is 0 Å². The van der Waals surface area contributed by atoms with Gasteiger partial charge in [-0.25, -0.2) is 8.42 Å². The van der Waals surface area contributed by atoms with Gasteiger partial charge in [-0.1, -0.05) is 0 Å². The second-order valence-electron chi connectivity index (χ2n) is 5.62. The van der Waals surface area contributed by atoms with Crippen molar-refractivity contribution < 1.29 is 17.9 Å². The minimum Gasteiger partial charge on any atom is -0.497 e. The van der Waals surface area contributed by atoms with Gasteiger partial charge in [0.1, 0.15) is 16.4 Å². The van der Waals surface area contributed by atoms with Crippen molar-refractivity contribution >= 4 is 22.4 Å². The molecule has 8 heteroatoms. The van der Waals surface area contributed by atoms with Crippen LogP contribution in [0.1, 0.15) is 19.8 Å². The van der Waals surface area contributed by atoms with E-state index < -0.39 is 10.0 Å². The summed E-state index contributed by atoms with van der Waals surface area (Å²) in [7, 11) is -0.631. The molecule has 0 aliphatic carbocycles. The van der Waals surface area contributed by atoms with Crippen LogP contribution in [0.2, 0.25) is 0 Å². The molecule has 1 aromatic carbocycles. The van der Waals surface area contributed by atoms with Crippen molar-refractivity contribution in [3.05, 3.63) is 18.2 Å². The van der Waals surface area contributed by atoms with E-state index in [-0.39, 0.29) is 23.3 Å². The lowest BCUT2D eigenvalue weighted by atomic mass is 9.92. The summed E-state index contributed by atoms with van der Waals surface area (Å²) in [5.74, 6) is 1.19. The third-order valence-corrected chi connectivity index (χ3v) is 6.15. The van der Waals surface area contributed by atoms with E-state index in [1.807, 2.05) is 6.92 Å². The Hall–Kier alpha value is -1.02. The van der Waals surface area contributed by atoms with Gasteiger partial charge in [-0.15, -0.1) is 12.4 Å². The van der Waals surface area contributed by atoms with Gasteiger partial charge in [-0.3, -0.25) is 0 Å². The zero-order valence-electron chi connectivity index (χ0n) is 13.7. The molecule has 1 saturated heterocycles. The fourth-order valence-corrected chi connectivity index (χ4v) is 4.41. The van der Waals surface area contributed by atoms with Crippen LogP contribution in [0.25, 0.3) is 0 Å². The van der Waals surface area contributed by atoms with Crippen LogP contribution in [0.15, 0.2) is 23.1 Å². The molecule has 0 saturated carbocycles. The highest BCUT2D eigenvalue weighted by molar-refractivity contribution is 7.89. The number of ether oxygens (including phenoxy) is 2. The van der Waals surface area contributed by atoms with Gasteiger partial charge in [0.15, 0.2) is 0 Å². The number of rotatable bonds is 5. The summed E-state index contributed by atoms with van der Waals surface area (Å²) in [6.07, 6.45) is 1.56. The van der Waals surface area contributed by atoms with E-state index in [4.69, 9.17) is 15.2 Å². The van der Waals surface area contributed by atoms with E-state index >= 15 is 0 Å². The molecule has 0 bridgehead atoms. The fraction of sp³-hybridized carbons (Fsp3) is 0.600. The minimum atomic E-state index is -3.60. The Labute approximate surface area is 144 Å². The lowest BCUT2D eigenvalue weighted by molar-refractivity contribution is 0.250. The van der Waals surface area contributed by atoms with Gasteiger partial charge in [-0.05, 0) is 37.8 Å². The van der Waals surface area contributed by atoms with Crippen molar-refractivity contribution in [2.24, 2.45) is 11.7 Å². The SMILES string of the molecule is COc1ccc(OC)c(S(=O)(=O)N2CCC(C(C)N)CC2)c1.Cl. The molecule has 2 N–H and O–H groups in total. The van der Waals surface area contributed by atoms with E-state index in [2.05, 4.69) is 0 Å². The lowest BCUT2D eigenvalue weighted by Crippen LogP contribution is -2.42. The zero-order chi connectivity index (χ0) is 16.3. The molecule has 1 unspecified atom stereocenters. The second kappa shape index (κ2) is 8.19. The standard InChI is InChI=1S/C15H24N2O4S.ClH/c1-11(16)12-6-8-17(9-7-12)22(18,19)15-10-13(20-2)4-5-14(15)21-3;/h4-5,10-12H,6-9,16H2,1-3H3;1H. The first-order chi connectivity index (χ1) is 10.4. The second-order valence-corrected chi connectivity index (χ2v) is 7.52. The third kappa shape index (κ3) is 4.29. The van der Waals surface area contributed by atoms with Gasteiger partial charge in [0.05, 0.1) is 14.2 Å². The van der Waals surface area contributed by atoms with E-state index in [9.17, 15) is 8.42 Å². The maximum atomic E-state index is 12.9. The van der Waals surface area contributed by atoms with E-state index in [1.54, 1.807) is 12.1 Å². The number of hydrogen-bond acceptors (Lipinski definition) is 5. The Morgan fingerprint density at radius 3 is 2.30 bits per heavy atom. The van der Waals surface area contributed by atoms with Crippen molar-refractivity contribution in [2.45, 2.75) is 30.7 Å². The molecule has 0 amide bonds. The molecule has 6 nitrogen and oxygen atoms in total. The first-order valence-electron chi connectivity index (χ1n) is 7.38. The van der Waals surface area contributed by atoms with Crippen molar-refractivity contribution in [2.75, 3.05) is 27.3 Å². The van der Waals surface area contributed by atoms with E-state index in [0.717, 1.165) is 12.8 Å². The summed E-state index contributed by atoms with van der Waals surface area (Å²) in [4.78, 5) is 0.147. The number of halogens is 1. The van der Waals surface area contributed by atoms with E-state index in [1.165, 1.54) is 24.6 Å². The van der Waals surface area contributed by atoms with Crippen molar-refractivity contribution in [1.29, 1.82) is 0 Å². The first kappa shape index (κ1) is 20.0. The lowest BCUT2D eigenvalue weighted by Gasteiger charge is -2.33. The number of methoxy groups -OCH3 is 2. The Balaban J connectivity index is 0.00000264. The van der Waals surface area contributed by atoms with Gasteiger partial charge in [0, 0.05) is 25.2 Å². The van der Waals surface area contributed by atoms with Crippen LogP contribution < -0.4 is 15.2 Å². The fourth-order valence-electron chi connectivity index (χ4n) is 2.77. The summed E-state index contributed by atoms with van der Waals surface area (Å²) in [6.45, 7) is 2.93. The average Bonchev–Trinajstić information content (AvgIpc) is 2.54. The summed E-state index contributed by atoms with van der Waals surface area (Å²) in [6, 6.07) is 4.89. The molecule has 0 aromatic heterocycles.